The Kier molecular flexibility index (Phi) is 14.0. The van der Waals surface area contributed by atoms with Gasteiger partial charge in [0.15, 0.2) is 0 Å². The fourth-order valence-electron chi connectivity index (χ4n) is 5.09. The van der Waals surface area contributed by atoms with Crippen LogP contribution in [0.1, 0.15) is 92.5 Å². The van der Waals surface area contributed by atoms with Gasteiger partial charge >= 0.3 is 112 Å². The van der Waals surface area contributed by atoms with Gasteiger partial charge in [0.2, 0.25) is 0 Å². The normalized spacial score (nSPS) is 12.4. The molecule has 0 bridgehead atoms. The molecule has 4 aromatic rings. The zero-order chi connectivity index (χ0) is 30.5. The summed E-state index contributed by atoms with van der Waals surface area (Å²) in [5.41, 5.74) is 14.2. The van der Waals surface area contributed by atoms with Crippen molar-refractivity contribution in [2.75, 3.05) is 0 Å². The second-order valence-electron chi connectivity index (χ2n) is 13.4. The molecule has 2 aliphatic rings. The minimum Gasteiger partial charge on any atom is -0.273 e. The molecular weight excluding hydrogens is 742 g/mol. The summed E-state index contributed by atoms with van der Waals surface area (Å²) in [5.74, 6) is 0. The first kappa shape index (κ1) is 37.9. The van der Waals surface area contributed by atoms with Crippen LogP contribution in [0.4, 0.5) is 0 Å². The fraction of sp³-hybridized carbons (Fsp3) is 0.293. The van der Waals surface area contributed by atoms with Crippen molar-refractivity contribution in [3.05, 3.63) is 154 Å². The minimum atomic E-state index is 0. The van der Waals surface area contributed by atoms with Gasteiger partial charge in [-0.05, 0) is 17.4 Å². The van der Waals surface area contributed by atoms with Crippen molar-refractivity contribution < 1.29 is 23.9 Å². The monoisotopic (exact) mass is 788 g/mol. The molecule has 0 fully saturated rings. The first-order valence-electron chi connectivity index (χ1n) is 15.0. The zero-order valence-corrected chi connectivity index (χ0v) is 32.7. The molecule has 0 aliphatic heterocycles. The molecule has 0 amide bonds. The molecular formula is C41H46Cl2Hf. The number of allylic oxidation sites excluding steroid dienone is 4. The van der Waals surface area contributed by atoms with E-state index in [9.17, 15) is 0 Å². The summed E-state index contributed by atoms with van der Waals surface area (Å²) < 4.78 is 1.48. The molecule has 0 saturated heterocycles. The smallest absolute Gasteiger partial charge is 0.109 e. The molecule has 0 saturated carbocycles. The molecule has 0 aromatic heterocycles. The maximum absolute atomic E-state index is 3.53. The number of fused-ring (bicyclic) bond motifs is 3. The van der Waals surface area contributed by atoms with Crippen molar-refractivity contribution in [3.8, 4) is 11.1 Å². The van der Waals surface area contributed by atoms with Gasteiger partial charge in [-0.1, -0.05) is 76.3 Å². The first-order chi connectivity index (χ1) is 19.8. The summed E-state index contributed by atoms with van der Waals surface area (Å²) in [4.78, 5) is 0. The van der Waals surface area contributed by atoms with Gasteiger partial charge in [-0.3, -0.25) is 6.08 Å². The summed E-state index contributed by atoms with van der Waals surface area (Å²) in [7, 11) is 0. The molecule has 4 aromatic carbocycles. The predicted molar refractivity (Wildman–Crippen MR) is 193 cm³/mol. The average Bonchev–Trinajstić information content (AvgIpc) is 3.63. The van der Waals surface area contributed by atoms with Gasteiger partial charge in [-0.2, -0.15) is 35.4 Å². The van der Waals surface area contributed by atoms with Crippen LogP contribution >= 0.6 is 24.8 Å². The van der Waals surface area contributed by atoms with Crippen LogP contribution < -0.4 is 0 Å². The Bertz CT molecular complexity index is 1510. The molecule has 0 spiro atoms. The Labute approximate surface area is 294 Å². The summed E-state index contributed by atoms with van der Waals surface area (Å²) in [6, 6.07) is 32.6. The van der Waals surface area contributed by atoms with Crippen LogP contribution in [0.15, 0.2) is 97.1 Å². The maximum Gasteiger partial charge on any atom is -0.109 e. The van der Waals surface area contributed by atoms with Crippen LogP contribution in [-0.4, -0.2) is 3.26 Å². The van der Waals surface area contributed by atoms with Gasteiger partial charge < -0.3 is 0 Å². The molecule has 2 aliphatic carbocycles. The predicted octanol–water partition coefficient (Wildman–Crippen LogP) is 11.2. The summed E-state index contributed by atoms with van der Waals surface area (Å²) in [5, 5.41) is 0. The van der Waals surface area contributed by atoms with Gasteiger partial charge in [0.1, 0.15) is 0 Å². The largest absolute Gasteiger partial charge is 0.273 e. The summed E-state index contributed by atoms with van der Waals surface area (Å²) in [6.45, 7) is 17.9. The third-order valence-corrected chi connectivity index (χ3v) is 9.80. The standard InChI is InChI=1S/C21H25.C15H14.C5H5.2ClH.Hf/c1-20(2,3)16-9-7-14-11-15-8-10-17(21(4,5)6)13-19(15)18(14)12-16;1-12-5-3-7-14(9-12)11-15-8-4-6-13(2)10-15;1-2-4-5-3-1;;;/h7,9-10,12-13H,11H2,1-6H3;3-10H,1-2H3;1-3H,4H2;2*1H;/q-1;;-1;;;+2. The van der Waals surface area contributed by atoms with Crippen LogP contribution in [-0.2, 0) is 41.1 Å². The van der Waals surface area contributed by atoms with E-state index in [1.54, 1.807) is 0 Å². The Balaban J connectivity index is 0.000000260. The number of aryl methyl sites for hydroxylation is 2. The molecule has 3 heteroatoms. The van der Waals surface area contributed by atoms with Crippen LogP contribution in [0.5, 0.6) is 0 Å². The van der Waals surface area contributed by atoms with Crippen LogP contribution in [0.2, 0.25) is 0 Å². The zero-order valence-electron chi connectivity index (χ0n) is 27.5. The van der Waals surface area contributed by atoms with Gasteiger partial charge in [-0.15, -0.1) is 36.8 Å². The quantitative estimate of drug-likeness (QED) is 0.123. The van der Waals surface area contributed by atoms with Crippen LogP contribution in [0, 0.1) is 26.0 Å². The second-order valence-corrected chi connectivity index (χ2v) is 15.2. The number of rotatable bonds is 2. The summed E-state index contributed by atoms with van der Waals surface area (Å²) in [6.07, 6.45) is 11.0. The van der Waals surface area contributed by atoms with Crippen molar-refractivity contribution in [2.45, 2.75) is 79.1 Å². The molecule has 0 unspecified atom stereocenters. The number of hydrogen-bond acceptors (Lipinski definition) is 0. The number of benzene rings is 4. The van der Waals surface area contributed by atoms with E-state index in [0.717, 1.165) is 36.7 Å². The van der Waals surface area contributed by atoms with E-state index >= 15 is 0 Å². The molecule has 44 heavy (non-hydrogen) atoms. The topological polar surface area (TPSA) is 0 Å². The van der Waals surface area contributed by atoms with Gasteiger partial charge in [0.05, 0.1) is 0 Å². The Hall–Kier alpha value is -2.32. The van der Waals surface area contributed by atoms with Crippen LogP contribution in [0.3, 0.4) is 0 Å². The molecule has 0 heterocycles. The Morgan fingerprint density at radius 1 is 0.705 bits per heavy atom. The number of hydrogen-bond donors (Lipinski definition) is 0. The van der Waals surface area contributed by atoms with Crippen molar-refractivity contribution >= 4 is 28.1 Å². The maximum atomic E-state index is 3.53. The molecule has 0 N–H and O–H groups in total. The van der Waals surface area contributed by atoms with E-state index in [1.165, 1.54) is 58.9 Å². The Morgan fingerprint density at radius 2 is 1.27 bits per heavy atom. The van der Waals surface area contributed by atoms with Crippen molar-refractivity contribution in [3.63, 3.8) is 0 Å². The number of halogens is 2. The third-order valence-electron chi connectivity index (χ3n) is 7.73. The van der Waals surface area contributed by atoms with Crippen molar-refractivity contribution in [2.24, 2.45) is 0 Å². The van der Waals surface area contributed by atoms with Crippen molar-refractivity contribution in [1.29, 1.82) is 0 Å². The van der Waals surface area contributed by atoms with Gasteiger partial charge in [0, 0.05) is 0 Å². The minimum absolute atomic E-state index is 0. The SMILES string of the molecule is CC(C)(C)c1c[c-]c2c(c1)-c1cc(C(C)(C)C)ccc1C2.Cc1cccc([C](=[Hf+2])c2cccc(C)c2)c1.Cl.Cl.[C-]1=CC=CC1. The van der Waals surface area contributed by atoms with Gasteiger partial charge in [0.25, 0.3) is 0 Å². The van der Waals surface area contributed by atoms with E-state index < -0.39 is 0 Å². The van der Waals surface area contributed by atoms with E-state index in [0.29, 0.717) is 0 Å². The van der Waals surface area contributed by atoms with E-state index in [1.807, 2.05) is 12.2 Å². The van der Waals surface area contributed by atoms with E-state index in [2.05, 4.69) is 152 Å². The Morgan fingerprint density at radius 3 is 1.73 bits per heavy atom. The summed E-state index contributed by atoms with van der Waals surface area (Å²) >= 11 is 1.08. The molecule has 0 atom stereocenters. The molecule has 0 radical (unpaired) electrons. The van der Waals surface area contributed by atoms with E-state index in [4.69, 9.17) is 0 Å². The third kappa shape index (κ3) is 10.1. The second kappa shape index (κ2) is 16.3. The van der Waals surface area contributed by atoms with Crippen LogP contribution in [0.25, 0.3) is 11.1 Å². The fourth-order valence-corrected chi connectivity index (χ4v) is 6.21. The average molecular weight is 788 g/mol. The van der Waals surface area contributed by atoms with E-state index in [-0.39, 0.29) is 35.6 Å². The molecule has 0 nitrogen and oxygen atoms in total. The van der Waals surface area contributed by atoms with Gasteiger partial charge in [-0.25, -0.2) is 12.2 Å². The van der Waals surface area contributed by atoms with Crippen molar-refractivity contribution in [1.82, 2.24) is 0 Å². The molecule has 228 valence electrons. The molecule has 6 rings (SSSR count). The first-order valence-corrected chi connectivity index (χ1v) is 16.8.